The van der Waals surface area contributed by atoms with E-state index in [0.29, 0.717) is 4.91 Å². The van der Waals surface area contributed by atoms with E-state index in [-0.39, 0.29) is 10.2 Å². The highest BCUT2D eigenvalue weighted by Crippen LogP contribution is 2.32. The maximum absolute atomic E-state index is 12.0. The summed E-state index contributed by atoms with van der Waals surface area (Å²) >= 11 is 6.15. The Morgan fingerprint density at radius 1 is 1.53 bits per heavy atom. The maximum Gasteiger partial charge on any atom is 0.323 e. The molecule has 6 heteroatoms. The number of nitrogens with zero attached hydrogens (tertiary/aromatic N) is 1. The van der Waals surface area contributed by atoms with Gasteiger partial charge in [-0.25, -0.2) is 0 Å². The van der Waals surface area contributed by atoms with Gasteiger partial charge in [-0.15, -0.1) is 0 Å². The van der Waals surface area contributed by atoms with Crippen LogP contribution >= 0.6 is 24.0 Å². The van der Waals surface area contributed by atoms with Gasteiger partial charge in [0.1, 0.15) is 10.9 Å². The van der Waals surface area contributed by atoms with Crippen molar-refractivity contribution < 1.29 is 14.7 Å². The second-order valence-corrected chi connectivity index (χ2v) is 5.75. The van der Waals surface area contributed by atoms with Gasteiger partial charge in [-0.05, 0) is 18.6 Å². The molecule has 4 nitrogen and oxygen atoms in total. The molecular formula is C13H11NO3S2. The van der Waals surface area contributed by atoms with Gasteiger partial charge in [0.15, 0.2) is 0 Å². The van der Waals surface area contributed by atoms with E-state index < -0.39 is 12.5 Å². The van der Waals surface area contributed by atoms with Crippen molar-refractivity contribution in [3.05, 3.63) is 40.3 Å². The van der Waals surface area contributed by atoms with Crippen molar-refractivity contribution in [1.29, 1.82) is 0 Å². The van der Waals surface area contributed by atoms with Gasteiger partial charge in [-0.2, -0.15) is 0 Å². The largest absolute Gasteiger partial charge is 0.480 e. The minimum Gasteiger partial charge on any atom is -0.480 e. The average Bonchev–Trinajstić information content (AvgIpc) is 2.57. The van der Waals surface area contributed by atoms with Crippen LogP contribution in [0.5, 0.6) is 0 Å². The van der Waals surface area contributed by atoms with E-state index in [1.54, 1.807) is 6.08 Å². The molecule has 0 aliphatic carbocycles. The summed E-state index contributed by atoms with van der Waals surface area (Å²) in [4.78, 5) is 24.3. The molecule has 0 atom stereocenters. The number of thioether (sulfide) groups is 1. The van der Waals surface area contributed by atoms with Gasteiger partial charge in [-0.1, -0.05) is 53.8 Å². The van der Waals surface area contributed by atoms with Crippen LogP contribution in [0.1, 0.15) is 11.1 Å². The Bertz CT molecular complexity index is 595. The van der Waals surface area contributed by atoms with Gasteiger partial charge in [0.2, 0.25) is 0 Å². The molecule has 0 radical (unpaired) electrons. The van der Waals surface area contributed by atoms with Gasteiger partial charge in [0.05, 0.1) is 4.91 Å². The Hall–Kier alpha value is -1.66. The Kier molecular flexibility index (Phi) is 4.01. The third-order valence-corrected chi connectivity index (χ3v) is 3.88. The van der Waals surface area contributed by atoms with Crippen molar-refractivity contribution in [3.8, 4) is 0 Å². The number of carboxylic acid groups (broad SMARTS) is 1. The third kappa shape index (κ3) is 3.21. The van der Waals surface area contributed by atoms with Crippen LogP contribution in [0.4, 0.5) is 0 Å². The molecule has 1 heterocycles. The zero-order valence-electron chi connectivity index (χ0n) is 10.1. The predicted molar refractivity (Wildman–Crippen MR) is 78.7 cm³/mol. The van der Waals surface area contributed by atoms with Gasteiger partial charge in [0, 0.05) is 0 Å². The summed E-state index contributed by atoms with van der Waals surface area (Å²) in [6.07, 6.45) is 1.73. The minimum atomic E-state index is -1.08. The SMILES string of the molecule is Cc1cccc(/C=C2\SC(=S)N(CC(=O)O)C2=O)c1. The van der Waals surface area contributed by atoms with Crippen LogP contribution in [0.2, 0.25) is 0 Å². The Balaban J connectivity index is 2.25. The lowest BCUT2D eigenvalue weighted by Crippen LogP contribution is -2.33. The fourth-order valence-electron chi connectivity index (χ4n) is 1.68. The lowest BCUT2D eigenvalue weighted by molar-refractivity contribution is -0.140. The number of carbonyl (C=O) groups is 2. The number of aliphatic carboxylic acids is 1. The van der Waals surface area contributed by atoms with E-state index >= 15 is 0 Å². The quantitative estimate of drug-likeness (QED) is 0.684. The second kappa shape index (κ2) is 5.54. The monoisotopic (exact) mass is 293 g/mol. The highest BCUT2D eigenvalue weighted by molar-refractivity contribution is 8.26. The number of hydrogen-bond donors (Lipinski definition) is 1. The smallest absolute Gasteiger partial charge is 0.323 e. The molecule has 2 rings (SSSR count). The molecule has 1 fully saturated rings. The highest BCUT2D eigenvalue weighted by atomic mass is 32.2. The number of benzene rings is 1. The van der Waals surface area contributed by atoms with Crippen molar-refractivity contribution in [2.45, 2.75) is 6.92 Å². The van der Waals surface area contributed by atoms with E-state index in [1.807, 2.05) is 31.2 Å². The number of hydrogen-bond acceptors (Lipinski definition) is 4. The summed E-state index contributed by atoms with van der Waals surface area (Å²) in [6, 6.07) is 7.70. The first-order valence-electron chi connectivity index (χ1n) is 5.51. The van der Waals surface area contributed by atoms with Crippen molar-refractivity contribution in [3.63, 3.8) is 0 Å². The number of thiocarbonyl (C=S) groups is 1. The van der Waals surface area contributed by atoms with Crippen molar-refractivity contribution in [2.75, 3.05) is 6.54 Å². The first-order chi connectivity index (χ1) is 8.97. The standard InChI is InChI=1S/C13H11NO3S2/c1-8-3-2-4-9(5-8)6-10-12(17)14(7-11(15)16)13(18)19-10/h2-6H,7H2,1H3,(H,15,16)/b10-6-. The molecule has 1 saturated heterocycles. The fourth-order valence-corrected chi connectivity index (χ4v) is 2.94. The molecule has 98 valence electrons. The van der Waals surface area contributed by atoms with Gasteiger partial charge < -0.3 is 5.11 Å². The lowest BCUT2D eigenvalue weighted by atomic mass is 10.1. The minimum absolute atomic E-state index is 0.284. The van der Waals surface area contributed by atoms with Crippen molar-refractivity contribution >= 4 is 46.3 Å². The summed E-state index contributed by atoms with van der Waals surface area (Å²) in [7, 11) is 0. The number of carboxylic acids is 1. The Morgan fingerprint density at radius 3 is 2.89 bits per heavy atom. The summed E-state index contributed by atoms with van der Waals surface area (Å²) in [5.41, 5.74) is 1.99. The van der Waals surface area contributed by atoms with Crippen LogP contribution in [0.15, 0.2) is 29.2 Å². The zero-order chi connectivity index (χ0) is 14.0. The Morgan fingerprint density at radius 2 is 2.26 bits per heavy atom. The van der Waals surface area contributed by atoms with Gasteiger partial charge >= 0.3 is 5.97 Å². The van der Waals surface area contributed by atoms with Crippen LogP contribution in [0, 0.1) is 6.92 Å². The number of aryl methyl sites for hydroxylation is 1. The van der Waals surface area contributed by atoms with Crippen molar-refractivity contribution in [2.24, 2.45) is 0 Å². The molecule has 1 aromatic rings. The predicted octanol–water partition coefficient (Wildman–Crippen LogP) is 2.28. The fraction of sp³-hybridized carbons (Fsp3) is 0.154. The summed E-state index contributed by atoms with van der Waals surface area (Å²) in [5, 5.41) is 8.74. The molecule has 1 N–H and O–H groups in total. The molecule has 1 aromatic carbocycles. The maximum atomic E-state index is 12.0. The molecule has 0 bridgehead atoms. The number of rotatable bonds is 3. The first kappa shape index (κ1) is 13.8. The van der Waals surface area contributed by atoms with Gasteiger partial charge in [0.25, 0.3) is 5.91 Å². The lowest BCUT2D eigenvalue weighted by Gasteiger charge is -2.10. The molecule has 19 heavy (non-hydrogen) atoms. The van der Waals surface area contributed by atoms with Crippen LogP contribution in [-0.2, 0) is 9.59 Å². The van der Waals surface area contributed by atoms with Gasteiger partial charge in [-0.3, -0.25) is 14.5 Å². The first-order valence-corrected chi connectivity index (χ1v) is 6.73. The topological polar surface area (TPSA) is 57.6 Å². The molecule has 0 saturated carbocycles. The average molecular weight is 293 g/mol. The van der Waals surface area contributed by atoms with Crippen LogP contribution in [0.3, 0.4) is 0 Å². The molecule has 0 spiro atoms. The molecule has 1 aliphatic heterocycles. The molecule has 0 aromatic heterocycles. The van der Waals surface area contributed by atoms with E-state index in [4.69, 9.17) is 17.3 Å². The normalized spacial score (nSPS) is 17.3. The summed E-state index contributed by atoms with van der Waals surface area (Å²) in [6.45, 7) is 1.57. The number of carbonyl (C=O) groups excluding carboxylic acids is 1. The van der Waals surface area contributed by atoms with E-state index in [1.165, 1.54) is 0 Å². The van der Waals surface area contributed by atoms with E-state index in [9.17, 15) is 9.59 Å². The van der Waals surface area contributed by atoms with Crippen molar-refractivity contribution in [1.82, 2.24) is 4.90 Å². The van der Waals surface area contributed by atoms with E-state index in [2.05, 4.69) is 0 Å². The van der Waals surface area contributed by atoms with Crippen LogP contribution < -0.4 is 0 Å². The Labute approximate surface area is 120 Å². The number of amides is 1. The van der Waals surface area contributed by atoms with Crippen LogP contribution in [0.25, 0.3) is 6.08 Å². The zero-order valence-corrected chi connectivity index (χ0v) is 11.8. The van der Waals surface area contributed by atoms with E-state index in [0.717, 1.165) is 27.8 Å². The summed E-state index contributed by atoms with van der Waals surface area (Å²) < 4.78 is 0.284. The van der Waals surface area contributed by atoms with Crippen LogP contribution in [-0.4, -0.2) is 32.7 Å². The molecular weight excluding hydrogens is 282 g/mol. The second-order valence-electron chi connectivity index (χ2n) is 4.08. The molecule has 1 aliphatic rings. The highest BCUT2D eigenvalue weighted by Gasteiger charge is 2.33. The molecule has 1 amide bonds. The third-order valence-electron chi connectivity index (χ3n) is 2.51. The summed E-state index contributed by atoms with van der Waals surface area (Å²) in [5.74, 6) is -1.42. The molecule has 0 unspecified atom stereocenters.